The molecule has 1 amide bonds. The molecule has 0 aromatic heterocycles. The summed E-state index contributed by atoms with van der Waals surface area (Å²) < 4.78 is 5.73. The predicted molar refractivity (Wildman–Crippen MR) is 96.2 cm³/mol. The summed E-state index contributed by atoms with van der Waals surface area (Å²) in [4.78, 5) is 26.0. The van der Waals surface area contributed by atoms with Gasteiger partial charge in [-0.25, -0.2) is 4.79 Å². The molecule has 2 aliphatic rings. The van der Waals surface area contributed by atoms with Crippen LogP contribution in [-0.2, 0) is 4.74 Å². The zero-order valence-corrected chi connectivity index (χ0v) is 14.2. The number of benzene rings is 2. The fourth-order valence-electron chi connectivity index (χ4n) is 3.56. The Morgan fingerprint density at radius 1 is 1.19 bits per heavy atom. The van der Waals surface area contributed by atoms with Crippen LogP contribution in [0.4, 0.5) is 5.69 Å². The Labute approximate surface area is 151 Å². The van der Waals surface area contributed by atoms with Gasteiger partial charge in [0.15, 0.2) is 0 Å². The fourth-order valence-corrected chi connectivity index (χ4v) is 3.56. The first-order valence-corrected chi connectivity index (χ1v) is 8.75. The summed E-state index contributed by atoms with van der Waals surface area (Å²) >= 11 is 0. The van der Waals surface area contributed by atoms with Gasteiger partial charge in [0.2, 0.25) is 0 Å². The lowest BCUT2D eigenvalue weighted by Gasteiger charge is -2.39. The van der Waals surface area contributed by atoms with Crippen molar-refractivity contribution in [1.82, 2.24) is 4.90 Å². The molecule has 6 nitrogen and oxygen atoms in total. The minimum Gasteiger partial charge on any atom is -0.478 e. The summed E-state index contributed by atoms with van der Waals surface area (Å²) in [5.41, 5.74) is 2.50. The molecule has 2 N–H and O–H groups in total. The molecule has 0 radical (unpaired) electrons. The van der Waals surface area contributed by atoms with Crippen LogP contribution in [0.5, 0.6) is 0 Å². The van der Waals surface area contributed by atoms with Crippen LogP contribution in [0.15, 0.2) is 48.5 Å². The van der Waals surface area contributed by atoms with Crippen molar-refractivity contribution in [3.63, 3.8) is 0 Å². The van der Waals surface area contributed by atoms with E-state index in [-0.39, 0.29) is 23.7 Å². The number of anilines is 1. The molecule has 1 fully saturated rings. The Hall–Kier alpha value is -2.86. The Morgan fingerprint density at radius 3 is 2.65 bits per heavy atom. The number of para-hydroxylation sites is 1. The minimum absolute atomic E-state index is 0.0341. The smallest absolute Gasteiger partial charge is 0.335 e. The first-order valence-electron chi connectivity index (χ1n) is 8.75. The molecule has 26 heavy (non-hydrogen) atoms. The van der Waals surface area contributed by atoms with Gasteiger partial charge in [-0.15, -0.1) is 0 Å². The molecule has 134 valence electrons. The van der Waals surface area contributed by atoms with Gasteiger partial charge in [0, 0.05) is 18.8 Å². The number of carbonyl (C=O) groups excluding carboxylic acids is 1. The zero-order chi connectivity index (χ0) is 18.1. The average Bonchev–Trinajstić information content (AvgIpc) is 3.17. The third-order valence-electron chi connectivity index (χ3n) is 4.92. The van der Waals surface area contributed by atoms with E-state index in [2.05, 4.69) is 5.32 Å². The van der Waals surface area contributed by atoms with Crippen molar-refractivity contribution in [3.05, 3.63) is 65.2 Å². The van der Waals surface area contributed by atoms with Crippen LogP contribution >= 0.6 is 0 Å². The molecule has 2 aliphatic heterocycles. The van der Waals surface area contributed by atoms with Gasteiger partial charge in [0.1, 0.15) is 6.17 Å². The van der Waals surface area contributed by atoms with E-state index in [4.69, 9.17) is 9.84 Å². The van der Waals surface area contributed by atoms with Crippen LogP contribution in [0.1, 0.15) is 45.3 Å². The van der Waals surface area contributed by atoms with Crippen LogP contribution in [0.2, 0.25) is 0 Å². The largest absolute Gasteiger partial charge is 0.478 e. The number of ether oxygens (including phenoxy) is 1. The second-order valence-corrected chi connectivity index (χ2v) is 6.61. The molecule has 0 bridgehead atoms. The number of carbonyl (C=O) groups is 2. The van der Waals surface area contributed by atoms with E-state index in [1.807, 2.05) is 24.3 Å². The summed E-state index contributed by atoms with van der Waals surface area (Å²) in [6, 6.07) is 14.1. The van der Waals surface area contributed by atoms with Gasteiger partial charge in [-0.3, -0.25) is 4.79 Å². The number of rotatable bonds is 4. The van der Waals surface area contributed by atoms with Crippen molar-refractivity contribution in [1.29, 1.82) is 0 Å². The van der Waals surface area contributed by atoms with E-state index in [0.717, 1.165) is 30.7 Å². The molecule has 0 aliphatic carbocycles. The third-order valence-corrected chi connectivity index (χ3v) is 4.92. The summed E-state index contributed by atoms with van der Waals surface area (Å²) in [6.45, 7) is 1.24. The first kappa shape index (κ1) is 16.6. The Bertz CT molecular complexity index is 828. The lowest BCUT2D eigenvalue weighted by Crippen LogP contribution is -2.46. The van der Waals surface area contributed by atoms with Crippen LogP contribution < -0.4 is 5.32 Å². The normalized spacial score (nSPS) is 22.0. The molecule has 4 rings (SSSR count). The third kappa shape index (κ3) is 3.04. The molecule has 2 aromatic rings. The summed E-state index contributed by atoms with van der Waals surface area (Å²) in [5.74, 6) is -1.01. The minimum atomic E-state index is -0.967. The molecule has 1 saturated heterocycles. The Balaban J connectivity index is 1.69. The van der Waals surface area contributed by atoms with Gasteiger partial charge >= 0.3 is 5.97 Å². The highest BCUT2D eigenvalue weighted by Crippen LogP contribution is 2.34. The number of hydrogen-bond donors (Lipinski definition) is 2. The Morgan fingerprint density at radius 2 is 1.96 bits per heavy atom. The Kier molecular flexibility index (Phi) is 4.34. The van der Waals surface area contributed by atoms with Crippen molar-refractivity contribution in [2.24, 2.45) is 0 Å². The van der Waals surface area contributed by atoms with Crippen molar-refractivity contribution in [2.75, 3.05) is 18.5 Å². The molecule has 6 heteroatoms. The second-order valence-electron chi connectivity index (χ2n) is 6.61. The summed E-state index contributed by atoms with van der Waals surface area (Å²) in [7, 11) is 0. The molecule has 2 atom stereocenters. The van der Waals surface area contributed by atoms with Crippen molar-refractivity contribution < 1.29 is 19.4 Å². The topological polar surface area (TPSA) is 78.9 Å². The van der Waals surface area contributed by atoms with Gasteiger partial charge < -0.3 is 20.1 Å². The highest BCUT2D eigenvalue weighted by molar-refractivity contribution is 6.01. The number of carboxylic acids is 1. The molecule has 2 aromatic carbocycles. The average molecular weight is 352 g/mol. The van der Waals surface area contributed by atoms with Gasteiger partial charge in [-0.05, 0) is 42.7 Å². The van der Waals surface area contributed by atoms with E-state index >= 15 is 0 Å². The van der Waals surface area contributed by atoms with E-state index in [1.54, 1.807) is 29.2 Å². The number of carboxylic acid groups (broad SMARTS) is 1. The summed E-state index contributed by atoms with van der Waals surface area (Å²) in [5, 5.41) is 12.5. The first-order chi connectivity index (χ1) is 12.6. The summed E-state index contributed by atoms with van der Waals surface area (Å²) in [6.07, 6.45) is 1.63. The SMILES string of the molecule is O=C(O)c1ccc([C@@H]2Nc3ccccc3C(=O)N2C[C@@H]2CCCO2)cc1. The van der Waals surface area contributed by atoms with Gasteiger partial charge in [-0.1, -0.05) is 24.3 Å². The monoisotopic (exact) mass is 352 g/mol. The highest BCUT2D eigenvalue weighted by Gasteiger charge is 2.35. The molecular formula is C20H20N2O4. The van der Waals surface area contributed by atoms with Crippen molar-refractivity contribution >= 4 is 17.6 Å². The quantitative estimate of drug-likeness (QED) is 0.884. The standard InChI is InChI=1S/C20H20N2O4/c23-19-16-5-1-2-6-17(16)21-18(22(19)12-15-4-3-11-26-15)13-7-9-14(10-8-13)20(24)25/h1-2,5-10,15,18,21H,3-4,11-12H2,(H,24,25)/t15-,18+/m0/s1. The van der Waals surface area contributed by atoms with Gasteiger partial charge in [0.05, 0.1) is 17.2 Å². The molecular weight excluding hydrogens is 332 g/mol. The van der Waals surface area contributed by atoms with Crippen molar-refractivity contribution in [2.45, 2.75) is 25.1 Å². The number of aromatic carboxylic acids is 1. The maximum absolute atomic E-state index is 13.1. The van der Waals surface area contributed by atoms with E-state index in [1.165, 1.54) is 0 Å². The molecule has 0 unspecified atom stereocenters. The number of nitrogens with zero attached hydrogens (tertiary/aromatic N) is 1. The lowest BCUT2D eigenvalue weighted by atomic mass is 10.0. The van der Waals surface area contributed by atoms with E-state index < -0.39 is 5.97 Å². The maximum atomic E-state index is 13.1. The zero-order valence-electron chi connectivity index (χ0n) is 14.2. The molecule has 0 saturated carbocycles. The highest BCUT2D eigenvalue weighted by atomic mass is 16.5. The van der Waals surface area contributed by atoms with Gasteiger partial charge in [-0.2, -0.15) is 0 Å². The van der Waals surface area contributed by atoms with Crippen molar-refractivity contribution in [3.8, 4) is 0 Å². The van der Waals surface area contributed by atoms with E-state index in [0.29, 0.717) is 12.1 Å². The van der Waals surface area contributed by atoms with Crippen LogP contribution in [0.25, 0.3) is 0 Å². The van der Waals surface area contributed by atoms with Crippen LogP contribution in [-0.4, -0.2) is 41.1 Å². The second kappa shape index (κ2) is 6.80. The number of nitrogens with one attached hydrogen (secondary N) is 1. The predicted octanol–water partition coefficient (Wildman–Crippen LogP) is 3.13. The number of hydrogen-bond acceptors (Lipinski definition) is 4. The number of amides is 1. The van der Waals surface area contributed by atoms with E-state index in [9.17, 15) is 9.59 Å². The molecule has 2 heterocycles. The van der Waals surface area contributed by atoms with Crippen LogP contribution in [0.3, 0.4) is 0 Å². The fraction of sp³-hybridized carbons (Fsp3) is 0.300. The lowest BCUT2D eigenvalue weighted by molar-refractivity contribution is 0.0426. The van der Waals surface area contributed by atoms with Gasteiger partial charge in [0.25, 0.3) is 5.91 Å². The maximum Gasteiger partial charge on any atom is 0.335 e. The van der Waals surface area contributed by atoms with Crippen LogP contribution in [0, 0.1) is 0 Å². The number of fused-ring (bicyclic) bond motifs is 1. The molecule has 0 spiro atoms.